The molecular weight excluding hydrogens is 496 g/mol. The van der Waals surface area contributed by atoms with Gasteiger partial charge in [0.25, 0.3) is 5.56 Å². The fourth-order valence-electron chi connectivity index (χ4n) is 5.40. The summed E-state index contributed by atoms with van der Waals surface area (Å²) < 4.78 is 14.7. The molecule has 3 aromatic rings. The van der Waals surface area contributed by atoms with Crippen LogP contribution in [-0.4, -0.2) is 55.9 Å². The van der Waals surface area contributed by atoms with E-state index in [0.717, 1.165) is 19.3 Å². The van der Waals surface area contributed by atoms with E-state index in [1.54, 1.807) is 43.7 Å². The number of aryl methyl sites for hydroxylation is 1. The molecular formula is C27H33ClN4O5. The quantitative estimate of drug-likeness (QED) is 0.474. The summed E-state index contributed by atoms with van der Waals surface area (Å²) in [4.78, 5) is 41.7. The summed E-state index contributed by atoms with van der Waals surface area (Å²) >= 11 is 6.35. The fourth-order valence-corrected chi connectivity index (χ4v) is 5.57. The molecule has 0 bridgehead atoms. The van der Waals surface area contributed by atoms with Crippen LogP contribution < -0.4 is 5.56 Å². The lowest BCUT2D eigenvalue weighted by molar-refractivity contribution is -0.123. The molecule has 4 heterocycles. The molecule has 0 radical (unpaired) electrons. The summed E-state index contributed by atoms with van der Waals surface area (Å²) in [5.41, 5.74) is 0.871. The maximum atomic E-state index is 13.9. The number of carbonyl (C=O) groups excluding carboxylic acids is 2. The monoisotopic (exact) mass is 528 g/mol. The van der Waals surface area contributed by atoms with Crippen molar-refractivity contribution in [2.24, 2.45) is 0 Å². The second-order valence-corrected chi connectivity index (χ2v) is 11.4. The van der Waals surface area contributed by atoms with Gasteiger partial charge in [-0.2, -0.15) is 5.10 Å². The summed E-state index contributed by atoms with van der Waals surface area (Å²) in [6.45, 7) is 8.18. The number of rotatable bonds is 4. The van der Waals surface area contributed by atoms with Crippen molar-refractivity contribution in [3.05, 3.63) is 39.3 Å². The fraction of sp³-hybridized carbons (Fsp3) is 0.556. The van der Waals surface area contributed by atoms with E-state index in [1.165, 1.54) is 9.47 Å². The van der Waals surface area contributed by atoms with Gasteiger partial charge in [-0.1, -0.05) is 11.6 Å². The standard InChI is InChI=1S/C27H33ClN4O5/c1-16-23-24(29-32(16)22-9-5-6-13-36-22)18-14-17(28)10-11-19(18)31(25(23)34)15-21(33)20-8-7-12-30(20)26(35)37-27(2,3)4/h10-11,14,20,22H,5-9,12-13,15H2,1-4H3. The van der Waals surface area contributed by atoms with Gasteiger partial charge in [0.2, 0.25) is 0 Å². The SMILES string of the molecule is Cc1c2c(=O)n(CC(=O)C3CCCN3C(=O)OC(C)(C)C)c3ccc(Cl)cc3c2nn1C1CCCCO1. The molecule has 2 aliphatic heterocycles. The minimum atomic E-state index is -0.662. The van der Waals surface area contributed by atoms with Crippen molar-refractivity contribution in [1.82, 2.24) is 19.2 Å². The van der Waals surface area contributed by atoms with E-state index in [4.69, 9.17) is 26.2 Å². The Kier molecular flexibility index (Phi) is 6.79. The highest BCUT2D eigenvalue weighted by Gasteiger charge is 2.37. The van der Waals surface area contributed by atoms with Crippen LogP contribution in [0.15, 0.2) is 23.0 Å². The first-order chi connectivity index (χ1) is 17.5. The van der Waals surface area contributed by atoms with Crippen LogP contribution in [0.4, 0.5) is 4.79 Å². The molecule has 2 aliphatic rings. The molecule has 9 nitrogen and oxygen atoms in total. The summed E-state index contributed by atoms with van der Waals surface area (Å²) in [5.74, 6) is -0.207. The number of ether oxygens (including phenoxy) is 2. The van der Waals surface area contributed by atoms with Crippen LogP contribution in [0.5, 0.6) is 0 Å². The molecule has 2 saturated heterocycles. The normalized spacial score (nSPS) is 20.6. The molecule has 2 atom stereocenters. The maximum absolute atomic E-state index is 13.9. The highest BCUT2D eigenvalue weighted by atomic mass is 35.5. The van der Waals surface area contributed by atoms with Crippen molar-refractivity contribution in [2.75, 3.05) is 13.2 Å². The van der Waals surface area contributed by atoms with Gasteiger partial charge in [-0.15, -0.1) is 0 Å². The number of hydrogen-bond donors (Lipinski definition) is 0. The Hall–Kier alpha value is -2.91. The third-order valence-corrected chi connectivity index (χ3v) is 7.34. The number of likely N-dealkylation sites (tertiary alicyclic amines) is 1. The first kappa shape index (κ1) is 25.7. The van der Waals surface area contributed by atoms with E-state index in [2.05, 4.69) is 0 Å². The van der Waals surface area contributed by atoms with Crippen molar-refractivity contribution in [3.63, 3.8) is 0 Å². The van der Waals surface area contributed by atoms with E-state index in [1.807, 2.05) is 6.92 Å². The second kappa shape index (κ2) is 9.76. The van der Waals surface area contributed by atoms with Gasteiger partial charge < -0.3 is 14.0 Å². The average molecular weight is 529 g/mol. The Morgan fingerprint density at radius 1 is 1.19 bits per heavy atom. The molecule has 1 amide bonds. The molecule has 0 saturated carbocycles. The predicted octanol–water partition coefficient (Wildman–Crippen LogP) is 4.98. The molecule has 10 heteroatoms. The molecule has 0 spiro atoms. The molecule has 2 unspecified atom stereocenters. The van der Waals surface area contributed by atoms with Crippen LogP contribution >= 0.6 is 11.6 Å². The van der Waals surface area contributed by atoms with Crippen molar-refractivity contribution in [2.45, 2.75) is 84.2 Å². The lowest BCUT2D eigenvalue weighted by Gasteiger charge is -2.28. The zero-order valence-electron chi connectivity index (χ0n) is 21.8. The van der Waals surface area contributed by atoms with E-state index in [9.17, 15) is 14.4 Å². The first-order valence-corrected chi connectivity index (χ1v) is 13.3. The van der Waals surface area contributed by atoms with Crippen molar-refractivity contribution in [3.8, 4) is 0 Å². The number of amides is 1. The first-order valence-electron chi connectivity index (χ1n) is 12.9. The smallest absolute Gasteiger partial charge is 0.410 e. The molecule has 5 rings (SSSR count). The lowest BCUT2D eigenvalue weighted by atomic mass is 10.1. The largest absolute Gasteiger partial charge is 0.444 e. The number of Topliss-reactive ketones (excluding diaryl/α,β-unsaturated/α-hetero) is 1. The number of halogens is 1. The van der Waals surface area contributed by atoms with Gasteiger partial charge in [0.05, 0.1) is 29.2 Å². The van der Waals surface area contributed by atoms with Gasteiger partial charge in [0.15, 0.2) is 5.78 Å². The Labute approximate surface area is 220 Å². The van der Waals surface area contributed by atoms with Gasteiger partial charge in [0, 0.05) is 23.6 Å². The number of benzene rings is 1. The number of aromatic nitrogens is 3. The number of fused-ring (bicyclic) bond motifs is 3. The summed E-state index contributed by atoms with van der Waals surface area (Å²) in [6, 6.07) is 4.59. The van der Waals surface area contributed by atoms with Crippen molar-refractivity contribution < 1.29 is 19.1 Å². The van der Waals surface area contributed by atoms with Crippen LogP contribution in [0, 0.1) is 6.92 Å². The minimum absolute atomic E-state index is 0.165. The molecule has 0 N–H and O–H groups in total. The van der Waals surface area contributed by atoms with Gasteiger partial charge in [0.1, 0.15) is 17.3 Å². The third-order valence-electron chi connectivity index (χ3n) is 7.11. The van der Waals surface area contributed by atoms with Crippen LogP contribution in [0.3, 0.4) is 0 Å². The Balaban J connectivity index is 1.56. The van der Waals surface area contributed by atoms with Crippen LogP contribution in [0.2, 0.25) is 5.02 Å². The van der Waals surface area contributed by atoms with Gasteiger partial charge in [-0.05, 0) is 78.0 Å². The number of pyridine rings is 1. The number of hydrogen-bond acceptors (Lipinski definition) is 6. The summed E-state index contributed by atoms with van der Waals surface area (Å²) in [7, 11) is 0. The predicted molar refractivity (Wildman–Crippen MR) is 141 cm³/mol. The van der Waals surface area contributed by atoms with Crippen molar-refractivity contribution >= 4 is 45.3 Å². The van der Waals surface area contributed by atoms with E-state index in [-0.39, 0.29) is 24.1 Å². The third kappa shape index (κ3) is 4.86. The Morgan fingerprint density at radius 3 is 2.68 bits per heavy atom. The van der Waals surface area contributed by atoms with Gasteiger partial charge >= 0.3 is 6.09 Å². The van der Waals surface area contributed by atoms with Crippen LogP contribution in [0.25, 0.3) is 21.8 Å². The lowest BCUT2D eigenvalue weighted by Crippen LogP contribution is -2.45. The van der Waals surface area contributed by atoms with E-state index < -0.39 is 17.7 Å². The average Bonchev–Trinajstić information content (AvgIpc) is 3.47. The molecule has 0 aliphatic carbocycles. The maximum Gasteiger partial charge on any atom is 0.410 e. The molecule has 2 aromatic heterocycles. The highest BCUT2D eigenvalue weighted by Crippen LogP contribution is 2.31. The molecule has 2 fully saturated rings. The van der Waals surface area contributed by atoms with E-state index in [0.29, 0.717) is 58.5 Å². The molecule has 37 heavy (non-hydrogen) atoms. The van der Waals surface area contributed by atoms with Gasteiger partial charge in [-0.3, -0.25) is 14.5 Å². The Morgan fingerprint density at radius 2 is 1.97 bits per heavy atom. The number of ketones is 1. The number of nitrogens with zero attached hydrogens (tertiary/aromatic N) is 4. The van der Waals surface area contributed by atoms with Crippen LogP contribution in [0.1, 0.15) is 64.8 Å². The zero-order chi connectivity index (χ0) is 26.5. The van der Waals surface area contributed by atoms with Crippen LogP contribution in [-0.2, 0) is 20.8 Å². The molecule has 1 aromatic carbocycles. The molecule has 198 valence electrons. The second-order valence-electron chi connectivity index (χ2n) is 10.9. The Bertz CT molecular complexity index is 1430. The van der Waals surface area contributed by atoms with Crippen molar-refractivity contribution in [1.29, 1.82) is 0 Å². The topological polar surface area (TPSA) is 95.7 Å². The highest BCUT2D eigenvalue weighted by molar-refractivity contribution is 6.31. The summed E-state index contributed by atoms with van der Waals surface area (Å²) in [6.07, 6.45) is 3.36. The summed E-state index contributed by atoms with van der Waals surface area (Å²) in [5, 5.41) is 6.46. The number of carbonyl (C=O) groups is 2. The zero-order valence-corrected chi connectivity index (χ0v) is 22.5. The van der Waals surface area contributed by atoms with Gasteiger partial charge in [-0.25, -0.2) is 9.48 Å². The minimum Gasteiger partial charge on any atom is -0.444 e. The van der Waals surface area contributed by atoms with E-state index >= 15 is 0 Å².